The van der Waals surface area contributed by atoms with Crippen molar-refractivity contribution in [2.45, 2.75) is 32.7 Å². The molecule has 0 radical (unpaired) electrons. The summed E-state index contributed by atoms with van der Waals surface area (Å²) in [6.45, 7) is 2.35. The van der Waals surface area contributed by atoms with Gasteiger partial charge in [-0.2, -0.15) is 5.10 Å². The molecule has 2 aromatic carbocycles. The molecule has 0 bridgehead atoms. The van der Waals surface area contributed by atoms with Crippen LogP contribution in [0.4, 0.5) is 0 Å². The lowest BCUT2D eigenvalue weighted by Crippen LogP contribution is -2.23. The molecule has 1 aliphatic heterocycles. The van der Waals surface area contributed by atoms with Crippen molar-refractivity contribution in [3.8, 4) is 17.2 Å². The second-order valence-corrected chi connectivity index (χ2v) is 8.28. The van der Waals surface area contributed by atoms with E-state index in [0.717, 1.165) is 17.5 Å². The zero-order valence-corrected chi connectivity index (χ0v) is 19.5. The number of para-hydroxylation sites is 1. The summed E-state index contributed by atoms with van der Waals surface area (Å²) in [7, 11) is 1.51. The number of ether oxygens (including phenoxy) is 3. The summed E-state index contributed by atoms with van der Waals surface area (Å²) in [5, 5.41) is 7.28. The third-order valence-corrected chi connectivity index (χ3v) is 6.07. The first-order chi connectivity index (χ1) is 17.0. The average Bonchev–Trinajstić information content (AvgIpc) is 3.50. The van der Waals surface area contributed by atoms with Crippen LogP contribution in [0.15, 0.2) is 52.0 Å². The van der Waals surface area contributed by atoms with Gasteiger partial charge < -0.3 is 23.9 Å². The molecule has 2 aliphatic rings. The van der Waals surface area contributed by atoms with Gasteiger partial charge in [-0.3, -0.25) is 9.59 Å². The fourth-order valence-corrected chi connectivity index (χ4v) is 4.32. The summed E-state index contributed by atoms with van der Waals surface area (Å²) in [6, 6.07) is 12.5. The molecule has 2 heterocycles. The fourth-order valence-electron chi connectivity index (χ4n) is 4.32. The first kappa shape index (κ1) is 22.5. The summed E-state index contributed by atoms with van der Waals surface area (Å²) in [4.78, 5) is 25.6. The van der Waals surface area contributed by atoms with Crippen LogP contribution in [0, 0.1) is 6.92 Å². The Hall–Kier alpha value is -4.27. The molecular weight excluding hydrogens is 450 g/mol. The van der Waals surface area contributed by atoms with Gasteiger partial charge in [0.25, 0.3) is 11.8 Å². The lowest BCUT2D eigenvalue weighted by atomic mass is 9.93. The molecule has 0 unspecified atom stereocenters. The monoisotopic (exact) mass is 475 g/mol. The van der Waals surface area contributed by atoms with E-state index < -0.39 is 0 Å². The van der Waals surface area contributed by atoms with Crippen molar-refractivity contribution >= 4 is 17.5 Å². The number of rotatable bonds is 6. The van der Waals surface area contributed by atoms with E-state index in [9.17, 15) is 9.59 Å². The topological polar surface area (TPSA) is 111 Å². The quantitative estimate of drug-likeness (QED) is 0.526. The summed E-state index contributed by atoms with van der Waals surface area (Å²) in [5.41, 5.74) is 6.07. The van der Waals surface area contributed by atoms with Gasteiger partial charge in [0.1, 0.15) is 11.5 Å². The van der Waals surface area contributed by atoms with Crippen molar-refractivity contribution in [2.24, 2.45) is 5.10 Å². The van der Waals surface area contributed by atoms with Crippen molar-refractivity contribution in [3.63, 3.8) is 0 Å². The fraction of sp³-hybridized carbons (Fsp3) is 0.269. The Morgan fingerprint density at radius 3 is 2.74 bits per heavy atom. The summed E-state index contributed by atoms with van der Waals surface area (Å²) in [6.07, 6.45) is 2.17. The van der Waals surface area contributed by atoms with E-state index in [-0.39, 0.29) is 24.4 Å². The standard InChI is InChI=1S/C26H25N3O6/c1-15-23-18(28-29-25(30)17-6-3-4-8-19(17)32-2)7-5-9-21(23)35-24(15)26(31)27-13-16-10-11-20-22(12-16)34-14-33-20/h3-4,6,8,10-12H,5,7,9,13-14H2,1-2H3,(H,27,31)(H,29,30)/b28-18+. The molecule has 0 spiro atoms. The van der Waals surface area contributed by atoms with Crippen LogP contribution in [0.1, 0.15) is 56.2 Å². The van der Waals surface area contributed by atoms with Gasteiger partial charge >= 0.3 is 0 Å². The van der Waals surface area contributed by atoms with Crippen molar-refractivity contribution in [2.75, 3.05) is 13.9 Å². The molecule has 0 atom stereocenters. The van der Waals surface area contributed by atoms with Crippen LogP contribution in [0.5, 0.6) is 17.2 Å². The van der Waals surface area contributed by atoms with Gasteiger partial charge in [0.2, 0.25) is 6.79 Å². The predicted octanol–water partition coefficient (Wildman–Crippen LogP) is 3.73. The molecule has 3 aromatic rings. The maximum atomic E-state index is 12.9. The summed E-state index contributed by atoms with van der Waals surface area (Å²) in [5.74, 6) is 2.10. The lowest BCUT2D eigenvalue weighted by molar-refractivity contribution is 0.0918. The van der Waals surface area contributed by atoms with Gasteiger partial charge in [-0.05, 0) is 49.6 Å². The minimum atomic E-state index is -0.370. The van der Waals surface area contributed by atoms with Crippen LogP contribution in [0.2, 0.25) is 0 Å². The number of amides is 2. The Morgan fingerprint density at radius 2 is 1.89 bits per heavy atom. The second-order valence-electron chi connectivity index (χ2n) is 8.28. The first-order valence-electron chi connectivity index (χ1n) is 11.3. The number of hydrogen-bond donors (Lipinski definition) is 2. The first-order valence-corrected chi connectivity index (χ1v) is 11.3. The molecular formula is C26H25N3O6. The van der Waals surface area contributed by atoms with E-state index in [0.29, 0.717) is 59.2 Å². The Kier molecular flexibility index (Phi) is 6.13. The normalized spacial score (nSPS) is 15.0. The van der Waals surface area contributed by atoms with E-state index in [1.54, 1.807) is 24.3 Å². The van der Waals surface area contributed by atoms with Crippen LogP contribution in [0.25, 0.3) is 0 Å². The van der Waals surface area contributed by atoms with Gasteiger partial charge in [0, 0.05) is 24.1 Å². The molecule has 9 heteroatoms. The SMILES string of the molecule is COc1ccccc1C(=O)N/N=C1\CCCc2oc(C(=O)NCc3ccc4c(c3)OCO4)c(C)c21. The van der Waals surface area contributed by atoms with Crippen LogP contribution in [-0.2, 0) is 13.0 Å². The Labute approximate surface area is 202 Å². The molecule has 1 aromatic heterocycles. The second kappa shape index (κ2) is 9.54. The number of carbonyl (C=O) groups is 2. The van der Waals surface area contributed by atoms with Crippen molar-refractivity contribution in [1.82, 2.24) is 10.7 Å². The Morgan fingerprint density at radius 1 is 1.06 bits per heavy atom. The van der Waals surface area contributed by atoms with E-state index >= 15 is 0 Å². The van der Waals surface area contributed by atoms with Crippen molar-refractivity contribution in [3.05, 3.63) is 76.2 Å². The number of carbonyl (C=O) groups excluding carboxylic acids is 2. The number of nitrogens with zero attached hydrogens (tertiary/aromatic N) is 1. The zero-order chi connectivity index (χ0) is 24.4. The Balaban J connectivity index is 1.31. The number of furan rings is 1. The average molecular weight is 476 g/mol. The van der Waals surface area contributed by atoms with E-state index in [1.807, 2.05) is 25.1 Å². The molecule has 0 saturated heterocycles. The molecule has 180 valence electrons. The minimum absolute atomic E-state index is 0.200. The van der Waals surface area contributed by atoms with Crippen LogP contribution >= 0.6 is 0 Å². The highest BCUT2D eigenvalue weighted by Crippen LogP contribution is 2.33. The number of hydrogen-bond acceptors (Lipinski definition) is 7. The minimum Gasteiger partial charge on any atom is -0.496 e. The van der Waals surface area contributed by atoms with Gasteiger partial charge in [0.05, 0.1) is 18.4 Å². The van der Waals surface area contributed by atoms with Crippen molar-refractivity contribution < 1.29 is 28.2 Å². The molecule has 0 fully saturated rings. The highest BCUT2D eigenvalue weighted by atomic mass is 16.7. The lowest BCUT2D eigenvalue weighted by Gasteiger charge is -2.14. The van der Waals surface area contributed by atoms with Crippen molar-refractivity contribution in [1.29, 1.82) is 0 Å². The predicted molar refractivity (Wildman–Crippen MR) is 127 cm³/mol. The smallest absolute Gasteiger partial charge is 0.287 e. The molecule has 1 aliphatic carbocycles. The largest absolute Gasteiger partial charge is 0.496 e. The van der Waals surface area contributed by atoms with E-state index in [2.05, 4.69) is 15.8 Å². The maximum Gasteiger partial charge on any atom is 0.287 e. The van der Waals surface area contributed by atoms with Gasteiger partial charge in [-0.25, -0.2) is 5.43 Å². The van der Waals surface area contributed by atoms with Crippen LogP contribution in [-0.4, -0.2) is 31.4 Å². The highest BCUT2D eigenvalue weighted by Gasteiger charge is 2.28. The van der Waals surface area contributed by atoms with Gasteiger partial charge in [-0.15, -0.1) is 0 Å². The third kappa shape index (κ3) is 4.44. The van der Waals surface area contributed by atoms with E-state index in [1.165, 1.54) is 7.11 Å². The maximum absolute atomic E-state index is 12.9. The van der Waals surface area contributed by atoms with E-state index in [4.69, 9.17) is 18.6 Å². The molecule has 35 heavy (non-hydrogen) atoms. The summed E-state index contributed by atoms with van der Waals surface area (Å²) >= 11 is 0. The van der Waals surface area contributed by atoms with Crippen LogP contribution < -0.4 is 25.0 Å². The molecule has 5 rings (SSSR count). The Bertz CT molecular complexity index is 1330. The zero-order valence-electron chi connectivity index (χ0n) is 19.5. The van der Waals surface area contributed by atoms with Crippen LogP contribution in [0.3, 0.4) is 0 Å². The number of hydrazone groups is 1. The molecule has 9 nitrogen and oxygen atoms in total. The number of nitrogens with one attached hydrogen (secondary N) is 2. The summed E-state index contributed by atoms with van der Waals surface area (Å²) < 4.78 is 21.9. The number of fused-ring (bicyclic) bond motifs is 2. The third-order valence-electron chi connectivity index (χ3n) is 6.07. The molecule has 2 amide bonds. The molecule has 2 N–H and O–H groups in total. The molecule has 0 saturated carbocycles. The highest BCUT2D eigenvalue weighted by molar-refractivity contribution is 6.07. The number of aryl methyl sites for hydroxylation is 1. The van der Waals surface area contributed by atoms with Gasteiger partial charge in [-0.1, -0.05) is 18.2 Å². The number of benzene rings is 2. The number of methoxy groups -OCH3 is 1. The van der Waals surface area contributed by atoms with Gasteiger partial charge in [0.15, 0.2) is 17.3 Å².